The van der Waals surface area contributed by atoms with Crippen LogP contribution in [-0.2, 0) is 9.47 Å². The van der Waals surface area contributed by atoms with E-state index in [0.717, 1.165) is 25.8 Å². The molecule has 0 aromatic carbocycles. The van der Waals surface area contributed by atoms with Crippen LogP contribution in [0.15, 0.2) is 0 Å². The lowest BCUT2D eigenvalue weighted by Crippen LogP contribution is -2.43. The zero-order chi connectivity index (χ0) is 16.0. The fraction of sp³-hybridized carbons (Fsp3) is 0.938. The number of hydrogen-bond donors (Lipinski definition) is 2. The minimum Gasteiger partial charge on any atom is -0.444 e. The Bertz CT molecular complexity index is 318. The Morgan fingerprint density at radius 3 is 2.38 bits per heavy atom. The van der Waals surface area contributed by atoms with Crippen molar-refractivity contribution in [3.8, 4) is 0 Å². The largest absolute Gasteiger partial charge is 0.444 e. The Morgan fingerprint density at radius 1 is 1.29 bits per heavy atom. The summed E-state index contributed by atoms with van der Waals surface area (Å²) in [7, 11) is 0. The van der Waals surface area contributed by atoms with E-state index in [1.165, 1.54) is 0 Å². The first-order valence-corrected chi connectivity index (χ1v) is 8.04. The van der Waals surface area contributed by atoms with Gasteiger partial charge in [0.05, 0.1) is 12.2 Å². The van der Waals surface area contributed by atoms with Crippen LogP contribution in [0.25, 0.3) is 0 Å². The van der Waals surface area contributed by atoms with Gasteiger partial charge in [-0.05, 0) is 67.3 Å². The van der Waals surface area contributed by atoms with Gasteiger partial charge in [-0.15, -0.1) is 0 Å². The molecule has 1 heterocycles. The summed E-state index contributed by atoms with van der Waals surface area (Å²) in [6.45, 7) is 12.7. The monoisotopic (exact) mass is 300 g/mol. The second-order valence-corrected chi connectivity index (χ2v) is 7.22. The highest BCUT2D eigenvalue weighted by Gasteiger charge is 2.24. The highest BCUT2D eigenvalue weighted by atomic mass is 16.6. The van der Waals surface area contributed by atoms with Crippen LogP contribution in [0.3, 0.4) is 0 Å². The Hall–Kier alpha value is -0.810. The van der Waals surface area contributed by atoms with Gasteiger partial charge in [0.25, 0.3) is 0 Å². The molecule has 2 N–H and O–H groups in total. The first-order chi connectivity index (χ1) is 9.65. The molecule has 1 amide bonds. The normalized spacial score (nSPS) is 28.0. The molecule has 3 atom stereocenters. The lowest BCUT2D eigenvalue weighted by Gasteiger charge is -2.33. The molecule has 3 unspecified atom stereocenters. The number of carbonyl (C=O) groups excluding carboxylic acids is 1. The third kappa shape index (κ3) is 8.27. The summed E-state index contributed by atoms with van der Waals surface area (Å²) in [5.41, 5.74) is -0.448. The molecule has 5 nitrogen and oxygen atoms in total. The SMILES string of the molecule is CC(CCNC1CC(C)OC(C)C1)NC(=O)OC(C)(C)C. The molecule has 21 heavy (non-hydrogen) atoms. The summed E-state index contributed by atoms with van der Waals surface area (Å²) in [5.74, 6) is 0. The second kappa shape index (κ2) is 7.99. The standard InChI is InChI=1S/C16H32N2O3/c1-11(18-15(19)21-16(4,5)6)7-8-17-14-9-12(2)20-13(3)10-14/h11-14,17H,7-10H2,1-6H3,(H,18,19). The Labute approximate surface area is 129 Å². The van der Waals surface area contributed by atoms with Gasteiger partial charge in [-0.2, -0.15) is 0 Å². The van der Waals surface area contributed by atoms with Crippen LogP contribution < -0.4 is 10.6 Å². The van der Waals surface area contributed by atoms with Crippen molar-refractivity contribution in [1.29, 1.82) is 0 Å². The summed E-state index contributed by atoms with van der Waals surface area (Å²) >= 11 is 0. The molecular weight excluding hydrogens is 268 g/mol. The lowest BCUT2D eigenvalue weighted by molar-refractivity contribution is -0.0420. The summed E-state index contributed by atoms with van der Waals surface area (Å²) in [4.78, 5) is 11.6. The number of amides is 1. The van der Waals surface area contributed by atoms with Crippen LogP contribution in [0.1, 0.15) is 60.8 Å². The van der Waals surface area contributed by atoms with E-state index in [4.69, 9.17) is 9.47 Å². The van der Waals surface area contributed by atoms with Gasteiger partial charge in [0, 0.05) is 12.1 Å². The minimum absolute atomic E-state index is 0.0991. The van der Waals surface area contributed by atoms with Gasteiger partial charge >= 0.3 is 6.09 Å². The number of hydrogen-bond acceptors (Lipinski definition) is 4. The molecule has 0 spiro atoms. The van der Waals surface area contributed by atoms with E-state index in [2.05, 4.69) is 24.5 Å². The number of nitrogens with one attached hydrogen (secondary N) is 2. The van der Waals surface area contributed by atoms with Gasteiger partial charge in [-0.1, -0.05) is 0 Å². The number of rotatable bonds is 5. The zero-order valence-electron chi connectivity index (χ0n) is 14.4. The minimum atomic E-state index is -0.448. The highest BCUT2D eigenvalue weighted by molar-refractivity contribution is 5.67. The predicted octanol–water partition coefficient (Wildman–Crippen LogP) is 2.84. The van der Waals surface area contributed by atoms with Gasteiger partial charge in [0.2, 0.25) is 0 Å². The van der Waals surface area contributed by atoms with Crippen molar-refractivity contribution in [2.75, 3.05) is 6.54 Å². The maximum atomic E-state index is 11.6. The fourth-order valence-electron chi connectivity index (χ4n) is 2.66. The maximum Gasteiger partial charge on any atom is 0.407 e. The van der Waals surface area contributed by atoms with E-state index < -0.39 is 5.60 Å². The van der Waals surface area contributed by atoms with Crippen LogP contribution in [0.4, 0.5) is 4.79 Å². The zero-order valence-corrected chi connectivity index (χ0v) is 14.4. The van der Waals surface area contributed by atoms with E-state index in [-0.39, 0.29) is 12.1 Å². The molecule has 1 saturated heterocycles. The maximum absolute atomic E-state index is 11.6. The Kier molecular flexibility index (Phi) is 6.94. The van der Waals surface area contributed by atoms with Gasteiger partial charge in [0.15, 0.2) is 0 Å². The van der Waals surface area contributed by atoms with Crippen molar-refractivity contribution in [1.82, 2.24) is 10.6 Å². The summed E-state index contributed by atoms with van der Waals surface area (Å²) < 4.78 is 11.0. The Morgan fingerprint density at radius 2 is 1.86 bits per heavy atom. The van der Waals surface area contributed by atoms with Crippen LogP contribution in [0.2, 0.25) is 0 Å². The first kappa shape index (κ1) is 18.2. The lowest BCUT2D eigenvalue weighted by atomic mass is 10.00. The third-order valence-corrected chi connectivity index (χ3v) is 3.47. The van der Waals surface area contributed by atoms with Crippen LogP contribution in [-0.4, -0.2) is 42.5 Å². The third-order valence-electron chi connectivity index (χ3n) is 3.47. The van der Waals surface area contributed by atoms with Gasteiger partial charge in [0.1, 0.15) is 5.60 Å². The predicted molar refractivity (Wildman–Crippen MR) is 84.5 cm³/mol. The summed E-state index contributed by atoms with van der Waals surface area (Å²) in [5, 5.41) is 6.43. The molecule has 0 aliphatic carbocycles. The summed E-state index contributed by atoms with van der Waals surface area (Å²) in [6, 6.07) is 0.611. The average Bonchev–Trinajstić information content (AvgIpc) is 2.24. The fourth-order valence-corrected chi connectivity index (χ4v) is 2.66. The van der Waals surface area contributed by atoms with Crippen molar-refractivity contribution in [3.63, 3.8) is 0 Å². The molecule has 0 saturated carbocycles. The highest BCUT2D eigenvalue weighted by Crippen LogP contribution is 2.18. The molecule has 0 aromatic rings. The van der Waals surface area contributed by atoms with Crippen LogP contribution >= 0.6 is 0 Å². The van der Waals surface area contributed by atoms with E-state index in [9.17, 15) is 4.79 Å². The van der Waals surface area contributed by atoms with E-state index >= 15 is 0 Å². The molecule has 0 aromatic heterocycles. The van der Waals surface area contributed by atoms with E-state index in [1.54, 1.807) is 0 Å². The number of ether oxygens (including phenoxy) is 2. The van der Waals surface area contributed by atoms with E-state index in [0.29, 0.717) is 18.2 Å². The molecule has 1 aliphatic rings. The van der Waals surface area contributed by atoms with Crippen molar-refractivity contribution >= 4 is 6.09 Å². The molecule has 0 radical (unpaired) electrons. The molecule has 124 valence electrons. The van der Waals surface area contributed by atoms with E-state index in [1.807, 2.05) is 27.7 Å². The number of alkyl carbamates (subject to hydrolysis) is 1. The quantitative estimate of drug-likeness (QED) is 0.819. The van der Waals surface area contributed by atoms with Crippen molar-refractivity contribution < 1.29 is 14.3 Å². The molecule has 5 heteroatoms. The molecule has 0 bridgehead atoms. The first-order valence-electron chi connectivity index (χ1n) is 8.04. The van der Waals surface area contributed by atoms with Crippen molar-refractivity contribution in [2.45, 2.75) is 90.7 Å². The second-order valence-electron chi connectivity index (χ2n) is 7.22. The molecule has 1 aliphatic heterocycles. The van der Waals surface area contributed by atoms with Crippen molar-refractivity contribution in [2.24, 2.45) is 0 Å². The Balaban J connectivity index is 2.18. The smallest absolute Gasteiger partial charge is 0.407 e. The van der Waals surface area contributed by atoms with Crippen molar-refractivity contribution in [3.05, 3.63) is 0 Å². The van der Waals surface area contributed by atoms with Gasteiger partial charge in [-0.3, -0.25) is 0 Å². The number of carbonyl (C=O) groups is 1. The van der Waals surface area contributed by atoms with Crippen LogP contribution in [0, 0.1) is 0 Å². The summed E-state index contributed by atoms with van der Waals surface area (Å²) in [6.07, 6.45) is 3.30. The average molecular weight is 300 g/mol. The molecule has 1 fully saturated rings. The van der Waals surface area contributed by atoms with Gasteiger partial charge in [-0.25, -0.2) is 4.79 Å². The van der Waals surface area contributed by atoms with Gasteiger partial charge < -0.3 is 20.1 Å². The molecule has 1 rings (SSSR count). The van der Waals surface area contributed by atoms with Crippen LogP contribution in [0.5, 0.6) is 0 Å². The topological polar surface area (TPSA) is 59.6 Å². The molecular formula is C16H32N2O3.